The molecule has 0 fully saturated rings. The van der Waals surface area contributed by atoms with Gasteiger partial charge in [-0.25, -0.2) is 10.8 Å². The second-order valence-electron chi connectivity index (χ2n) is 2.25. The lowest BCUT2D eigenvalue weighted by molar-refractivity contribution is -0.128. The lowest BCUT2D eigenvalue weighted by Gasteiger charge is -2.12. The third-order valence-electron chi connectivity index (χ3n) is 1.43. The number of likely N-dealkylation sites (N-methyl/N-ethyl adjacent to an activating group) is 1. The van der Waals surface area contributed by atoms with Crippen LogP contribution < -0.4 is 17.0 Å². The lowest BCUT2D eigenvalue weighted by Crippen LogP contribution is -2.38. The number of guanidine groups is 1. The number of aliphatic imine (C=N–C) groups is 1. The van der Waals surface area contributed by atoms with Gasteiger partial charge in [0.2, 0.25) is 11.9 Å². The van der Waals surface area contributed by atoms with Crippen molar-refractivity contribution in [3.63, 3.8) is 0 Å². The number of nitrogens with zero attached hydrogens (tertiary/aromatic N) is 2. The Hall–Kier alpha value is -1.30. The summed E-state index contributed by atoms with van der Waals surface area (Å²) in [5.41, 5.74) is 7.34. The maximum Gasteiger partial charge on any atom is 0.244 e. The molecule has 0 rings (SSSR count). The van der Waals surface area contributed by atoms with Gasteiger partial charge in [-0.15, -0.1) is 0 Å². The number of carbonyl (C=O) groups excluding carboxylic acids is 1. The first-order chi connectivity index (χ1) is 5.61. The van der Waals surface area contributed by atoms with Gasteiger partial charge in [0.05, 0.1) is 0 Å². The van der Waals surface area contributed by atoms with Crippen LogP contribution in [0.4, 0.5) is 0 Å². The van der Waals surface area contributed by atoms with Crippen LogP contribution in [0.5, 0.6) is 0 Å². The molecule has 0 saturated carbocycles. The van der Waals surface area contributed by atoms with Crippen LogP contribution in [0, 0.1) is 0 Å². The molecule has 0 heterocycles. The van der Waals surface area contributed by atoms with Gasteiger partial charge in [0.15, 0.2) is 0 Å². The Kier molecular flexibility index (Phi) is 4.78. The van der Waals surface area contributed by atoms with E-state index in [1.54, 1.807) is 11.9 Å². The number of rotatable bonds is 3. The van der Waals surface area contributed by atoms with Crippen molar-refractivity contribution in [3.8, 4) is 0 Å². The van der Waals surface area contributed by atoms with Crippen LogP contribution in [0.25, 0.3) is 0 Å². The average Bonchev–Trinajstić information content (AvgIpc) is 2.11. The summed E-state index contributed by atoms with van der Waals surface area (Å²) in [5, 5.41) is 0. The van der Waals surface area contributed by atoms with Gasteiger partial charge in [0.25, 0.3) is 0 Å². The van der Waals surface area contributed by atoms with Gasteiger partial charge < -0.3 is 10.6 Å². The van der Waals surface area contributed by atoms with Crippen molar-refractivity contribution in [2.75, 3.05) is 20.1 Å². The first-order valence-electron chi connectivity index (χ1n) is 3.62. The van der Waals surface area contributed by atoms with Gasteiger partial charge in [-0.2, -0.15) is 0 Å². The van der Waals surface area contributed by atoms with Gasteiger partial charge in [-0.1, -0.05) is 0 Å². The summed E-state index contributed by atoms with van der Waals surface area (Å²) < 4.78 is 0. The zero-order chi connectivity index (χ0) is 9.56. The van der Waals surface area contributed by atoms with Crippen molar-refractivity contribution in [2.24, 2.45) is 16.6 Å². The van der Waals surface area contributed by atoms with Crippen LogP contribution in [-0.2, 0) is 4.79 Å². The summed E-state index contributed by atoms with van der Waals surface area (Å²) >= 11 is 0. The van der Waals surface area contributed by atoms with E-state index in [-0.39, 0.29) is 18.4 Å². The predicted octanol–water partition coefficient (Wildman–Crippen LogP) is -1.76. The Morgan fingerprint density at radius 2 is 2.25 bits per heavy atom. The number of hydrazine groups is 1. The molecule has 0 atom stereocenters. The molecule has 12 heavy (non-hydrogen) atoms. The fourth-order valence-corrected chi connectivity index (χ4v) is 0.496. The van der Waals surface area contributed by atoms with Crippen molar-refractivity contribution in [1.29, 1.82) is 0 Å². The summed E-state index contributed by atoms with van der Waals surface area (Å²) in [4.78, 5) is 16.3. The van der Waals surface area contributed by atoms with Crippen molar-refractivity contribution in [2.45, 2.75) is 6.92 Å². The fourth-order valence-electron chi connectivity index (χ4n) is 0.496. The number of carbonyl (C=O) groups is 1. The van der Waals surface area contributed by atoms with E-state index in [9.17, 15) is 4.79 Å². The third kappa shape index (κ3) is 3.77. The highest BCUT2D eigenvalue weighted by atomic mass is 16.2. The molecule has 0 spiro atoms. The van der Waals surface area contributed by atoms with Crippen molar-refractivity contribution < 1.29 is 4.79 Å². The zero-order valence-electron chi connectivity index (χ0n) is 7.37. The van der Waals surface area contributed by atoms with E-state index in [4.69, 9.17) is 11.6 Å². The molecule has 0 aliphatic rings. The summed E-state index contributed by atoms with van der Waals surface area (Å²) in [5.74, 6) is 4.91. The smallest absolute Gasteiger partial charge is 0.244 e. The van der Waals surface area contributed by atoms with Crippen LogP contribution in [0.15, 0.2) is 4.99 Å². The quantitative estimate of drug-likeness (QED) is 0.204. The van der Waals surface area contributed by atoms with E-state index < -0.39 is 0 Å². The van der Waals surface area contributed by atoms with E-state index in [1.165, 1.54) is 0 Å². The highest BCUT2D eigenvalue weighted by molar-refractivity contribution is 5.83. The molecule has 6 heteroatoms. The molecule has 0 bridgehead atoms. The number of hydrogen-bond donors (Lipinski definition) is 3. The van der Waals surface area contributed by atoms with E-state index in [1.807, 2.05) is 6.92 Å². The molecule has 0 aliphatic heterocycles. The van der Waals surface area contributed by atoms with Gasteiger partial charge in [-0.05, 0) is 6.92 Å². The number of amides is 1. The monoisotopic (exact) mass is 173 g/mol. The molecule has 1 amide bonds. The van der Waals surface area contributed by atoms with E-state index >= 15 is 0 Å². The number of nitrogens with one attached hydrogen (secondary N) is 1. The van der Waals surface area contributed by atoms with Gasteiger partial charge in [0, 0.05) is 13.6 Å². The molecule has 0 saturated heterocycles. The Morgan fingerprint density at radius 1 is 1.67 bits per heavy atom. The number of hydrogen-bond acceptors (Lipinski definition) is 3. The SMILES string of the molecule is CCN(C)C(=O)CN=C(N)NN. The molecule has 0 aliphatic carbocycles. The van der Waals surface area contributed by atoms with Crippen LogP contribution in [0.1, 0.15) is 6.92 Å². The molecule has 6 nitrogen and oxygen atoms in total. The normalized spacial score (nSPS) is 11.1. The van der Waals surface area contributed by atoms with Crippen LogP contribution >= 0.6 is 0 Å². The van der Waals surface area contributed by atoms with Crippen molar-refractivity contribution in [3.05, 3.63) is 0 Å². The zero-order valence-corrected chi connectivity index (χ0v) is 7.37. The second-order valence-corrected chi connectivity index (χ2v) is 2.25. The highest BCUT2D eigenvalue weighted by Crippen LogP contribution is 1.83. The summed E-state index contributed by atoms with van der Waals surface area (Å²) in [7, 11) is 1.70. The molecule has 0 aromatic carbocycles. The van der Waals surface area contributed by atoms with Gasteiger partial charge in [-0.3, -0.25) is 10.2 Å². The minimum Gasteiger partial charge on any atom is -0.369 e. The lowest BCUT2D eigenvalue weighted by atomic mass is 10.5. The molecule has 0 radical (unpaired) electrons. The fraction of sp³-hybridized carbons (Fsp3) is 0.667. The first-order valence-corrected chi connectivity index (χ1v) is 3.62. The Morgan fingerprint density at radius 3 is 2.67 bits per heavy atom. The van der Waals surface area contributed by atoms with Crippen LogP contribution in [0.3, 0.4) is 0 Å². The second kappa shape index (κ2) is 5.36. The van der Waals surface area contributed by atoms with E-state index in [0.717, 1.165) is 0 Å². The van der Waals surface area contributed by atoms with E-state index in [2.05, 4.69) is 10.4 Å². The van der Waals surface area contributed by atoms with Crippen molar-refractivity contribution >= 4 is 11.9 Å². The van der Waals surface area contributed by atoms with Gasteiger partial charge >= 0.3 is 0 Å². The minimum absolute atomic E-state index is 0.0281. The molecular formula is C6H15N5O. The van der Waals surface area contributed by atoms with Gasteiger partial charge in [0.1, 0.15) is 6.54 Å². The largest absolute Gasteiger partial charge is 0.369 e. The molecule has 0 unspecified atom stereocenters. The van der Waals surface area contributed by atoms with Crippen molar-refractivity contribution in [1.82, 2.24) is 10.3 Å². The van der Waals surface area contributed by atoms with Crippen LogP contribution in [-0.4, -0.2) is 36.9 Å². The highest BCUT2D eigenvalue weighted by Gasteiger charge is 2.04. The molecule has 70 valence electrons. The van der Waals surface area contributed by atoms with E-state index in [0.29, 0.717) is 6.54 Å². The maximum atomic E-state index is 11.1. The van der Waals surface area contributed by atoms with Crippen LogP contribution in [0.2, 0.25) is 0 Å². The Balaban J connectivity index is 3.86. The standard InChI is InChI=1S/C6H15N5O/c1-3-11(2)5(12)4-9-6(7)10-8/h3-4,8H2,1-2H3,(H3,7,9,10). The Labute approximate surface area is 71.6 Å². The first kappa shape index (κ1) is 10.7. The molecular weight excluding hydrogens is 158 g/mol. The summed E-state index contributed by atoms with van der Waals surface area (Å²) in [6.45, 7) is 2.57. The third-order valence-corrected chi connectivity index (χ3v) is 1.43. The minimum atomic E-state index is -0.0873. The summed E-state index contributed by atoms with van der Waals surface area (Å²) in [6, 6.07) is 0. The molecule has 0 aromatic rings. The average molecular weight is 173 g/mol. The predicted molar refractivity (Wildman–Crippen MR) is 47.1 cm³/mol. The Bertz CT molecular complexity index is 179. The molecule has 0 aromatic heterocycles. The topological polar surface area (TPSA) is 96.7 Å². The summed E-state index contributed by atoms with van der Waals surface area (Å²) in [6.07, 6.45) is 0. The maximum absolute atomic E-state index is 11.1. The number of nitrogens with two attached hydrogens (primary N) is 2. The molecule has 5 N–H and O–H groups in total.